The Morgan fingerprint density at radius 1 is 1.38 bits per heavy atom. The molecule has 0 atom stereocenters. The van der Waals surface area contributed by atoms with Crippen LogP contribution in [0.3, 0.4) is 0 Å². The molecule has 112 valence electrons. The molecule has 0 amide bonds. The summed E-state index contributed by atoms with van der Waals surface area (Å²) in [7, 11) is -2.72. The highest BCUT2D eigenvalue weighted by Gasteiger charge is 2.21. The van der Waals surface area contributed by atoms with E-state index in [1.165, 1.54) is 19.2 Å². The fraction of sp³-hybridized carbons (Fsp3) is 0.167. The summed E-state index contributed by atoms with van der Waals surface area (Å²) in [6.07, 6.45) is 0.783. The van der Waals surface area contributed by atoms with Crippen LogP contribution < -0.4 is 9.46 Å². The van der Waals surface area contributed by atoms with Gasteiger partial charge in [-0.15, -0.1) is 0 Å². The number of hydrogen-bond acceptors (Lipinski definition) is 5. The molecule has 0 bridgehead atoms. The third-order valence-electron chi connectivity index (χ3n) is 2.64. The molecule has 6 nitrogen and oxygen atoms in total. The topological polar surface area (TPSA) is 81.2 Å². The zero-order valence-electron chi connectivity index (χ0n) is 11.1. The number of anilines is 1. The molecular formula is C12H11ClFN3O3S. The van der Waals surface area contributed by atoms with Crippen molar-refractivity contribution < 1.29 is 17.5 Å². The molecule has 0 saturated carbocycles. The van der Waals surface area contributed by atoms with E-state index in [0.29, 0.717) is 10.6 Å². The van der Waals surface area contributed by atoms with Crippen molar-refractivity contribution in [2.75, 3.05) is 11.8 Å². The van der Waals surface area contributed by atoms with Gasteiger partial charge in [0.15, 0.2) is 0 Å². The second kappa shape index (κ2) is 5.82. The van der Waals surface area contributed by atoms with Gasteiger partial charge in [0.25, 0.3) is 15.9 Å². The van der Waals surface area contributed by atoms with Gasteiger partial charge < -0.3 is 4.74 Å². The van der Waals surface area contributed by atoms with E-state index >= 15 is 0 Å². The molecule has 2 aromatic rings. The quantitative estimate of drug-likeness (QED) is 0.930. The van der Waals surface area contributed by atoms with Gasteiger partial charge in [-0.2, -0.15) is 9.37 Å². The van der Waals surface area contributed by atoms with Crippen molar-refractivity contribution in [3.8, 4) is 5.88 Å². The minimum Gasteiger partial charge on any atom is -0.478 e. The number of hydrogen-bond donors (Lipinski definition) is 1. The van der Waals surface area contributed by atoms with Crippen molar-refractivity contribution in [2.45, 2.75) is 11.8 Å². The molecular weight excluding hydrogens is 321 g/mol. The van der Waals surface area contributed by atoms with Crippen LogP contribution in [-0.2, 0) is 10.0 Å². The van der Waals surface area contributed by atoms with Crippen LogP contribution in [0.25, 0.3) is 0 Å². The smallest absolute Gasteiger partial charge is 0.263 e. The first-order valence-corrected chi connectivity index (χ1v) is 7.55. The maximum Gasteiger partial charge on any atom is 0.263 e. The standard InChI is InChI=1S/C12H11ClFN3O3S/c1-7-8(13)4-3-5-9(7)21(18,19)17-11-12(20-2)16-10(14)6-15-11/h3-6H,1-2H3,(H,15,17). The summed E-state index contributed by atoms with van der Waals surface area (Å²) in [5, 5.41) is 0.315. The molecule has 9 heteroatoms. The Balaban J connectivity index is 2.45. The number of nitrogens with zero attached hydrogens (tertiary/aromatic N) is 2. The maximum absolute atomic E-state index is 13.0. The largest absolute Gasteiger partial charge is 0.478 e. The van der Waals surface area contributed by atoms with E-state index in [9.17, 15) is 12.8 Å². The Bertz CT molecular complexity index is 783. The Morgan fingerprint density at radius 3 is 2.76 bits per heavy atom. The van der Waals surface area contributed by atoms with Gasteiger partial charge >= 0.3 is 0 Å². The molecule has 1 heterocycles. The van der Waals surface area contributed by atoms with Crippen LogP contribution in [0.4, 0.5) is 10.2 Å². The Morgan fingerprint density at radius 2 is 2.10 bits per heavy atom. The van der Waals surface area contributed by atoms with E-state index in [1.54, 1.807) is 13.0 Å². The highest BCUT2D eigenvalue weighted by Crippen LogP contribution is 2.26. The van der Waals surface area contributed by atoms with Crippen LogP contribution in [0.15, 0.2) is 29.3 Å². The molecule has 0 aliphatic heterocycles. The summed E-state index contributed by atoms with van der Waals surface area (Å²) in [6.45, 7) is 1.57. The lowest BCUT2D eigenvalue weighted by Gasteiger charge is -2.12. The highest BCUT2D eigenvalue weighted by molar-refractivity contribution is 7.92. The van der Waals surface area contributed by atoms with Crippen molar-refractivity contribution in [3.63, 3.8) is 0 Å². The average Bonchev–Trinajstić information content (AvgIpc) is 2.43. The predicted octanol–water partition coefficient (Wildman–Crippen LogP) is 2.39. The first kappa shape index (κ1) is 15.5. The third-order valence-corrected chi connectivity index (χ3v) is 4.54. The molecule has 1 aromatic carbocycles. The minimum absolute atomic E-state index is 0.0109. The molecule has 1 aromatic heterocycles. The first-order valence-electron chi connectivity index (χ1n) is 5.69. The van der Waals surface area contributed by atoms with Gasteiger partial charge in [0, 0.05) is 5.02 Å². The van der Waals surface area contributed by atoms with E-state index in [-0.39, 0.29) is 16.6 Å². The van der Waals surface area contributed by atoms with Gasteiger partial charge in [-0.25, -0.2) is 13.4 Å². The molecule has 0 unspecified atom stereocenters. The van der Waals surface area contributed by atoms with Crippen LogP contribution in [0.1, 0.15) is 5.56 Å². The number of ether oxygens (including phenoxy) is 1. The van der Waals surface area contributed by atoms with Gasteiger partial charge in [0.2, 0.25) is 11.8 Å². The number of benzene rings is 1. The average molecular weight is 332 g/mol. The Labute approximate surface area is 126 Å². The lowest BCUT2D eigenvalue weighted by atomic mass is 10.2. The number of aromatic nitrogens is 2. The van der Waals surface area contributed by atoms with Crippen LogP contribution in [0.5, 0.6) is 5.88 Å². The van der Waals surface area contributed by atoms with Crippen molar-refractivity contribution in [1.82, 2.24) is 9.97 Å². The van der Waals surface area contributed by atoms with Crippen LogP contribution in [-0.4, -0.2) is 25.5 Å². The van der Waals surface area contributed by atoms with E-state index < -0.39 is 16.0 Å². The van der Waals surface area contributed by atoms with E-state index in [2.05, 4.69) is 14.7 Å². The Kier molecular flexibility index (Phi) is 4.29. The molecule has 0 fully saturated rings. The van der Waals surface area contributed by atoms with Crippen LogP contribution in [0, 0.1) is 12.9 Å². The zero-order chi connectivity index (χ0) is 15.6. The summed E-state index contributed by atoms with van der Waals surface area (Å²) in [4.78, 5) is 7.02. The zero-order valence-corrected chi connectivity index (χ0v) is 12.7. The summed E-state index contributed by atoms with van der Waals surface area (Å²) in [6, 6.07) is 4.48. The summed E-state index contributed by atoms with van der Waals surface area (Å²) in [5.41, 5.74) is 0.390. The van der Waals surface area contributed by atoms with E-state index in [1.807, 2.05) is 0 Å². The SMILES string of the molecule is COc1nc(F)cnc1NS(=O)(=O)c1cccc(Cl)c1C. The second-order valence-electron chi connectivity index (χ2n) is 4.02. The molecule has 0 aliphatic carbocycles. The molecule has 21 heavy (non-hydrogen) atoms. The van der Waals surface area contributed by atoms with Crippen molar-refractivity contribution in [3.05, 3.63) is 40.9 Å². The lowest BCUT2D eigenvalue weighted by molar-refractivity contribution is 0.387. The number of methoxy groups -OCH3 is 1. The van der Waals surface area contributed by atoms with Crippen molar-refractivity contribution >= 4 is 27.4 Å². The number of rotatable bonds is 4. The molecule has 0 saturated heterocycles. The van der Waals surface area contributed by atoms with Gasteiger partial charge in [-0.1, -0.05) is 17.7 Å². The number of sulfonamides is 1. The van der Waals surface area contributed by atoms with Gasteiger partial charge in [-0.3, -0.25) is 4.72 Å². The van der Waals surface area contributed by atoms with Gasteiger partial charge in [0.05, 0.1) is 18.2 Å². The van der Waals surface area contributed by atoms with E-state index in [0.717, 1.165) is 6.20 Å². The van der Waals surface area contributed by atoms with Crippen molar-refractivity contribution in [1.29, 1.82) is 0 Å². The van der Waals surface area contributed by atoms with E-state index in [4.69, 9.17) is 16.3 Å². The molecule has 1 N–H and O–H groups in total. The Hall–Kier alpha value is -1.93. The summed E-state index contributed by atoms with van der Waals surface area (Å²) in [5.74, 6) is -1.36. The molecule has 2 rings (SSSR count). The fourth-order valence-corrected chi connectivity index (χ4v) is 3.13. The second-order valence-corrected chi connectivity index (χ2v) is 6.08. The van der Waals surface area contributed by atoms with Gasteiger partial charge in [0.1, 0.15) is 0 Å². The summed E-state index contributed by atoms with van der Waals surface area (Å²) >= 11 is 5.91. The van der Waals surface area contributed by atoms with Crippen LogP contribution >= 0.6 is 11.6 Å². The maximum atomic E-state index is 13.0. The molecule has 0 radical (unpaired) electrons. The molecule has 0 spiro atoms. The minimum atomic E-state index is -3.95. The monoisotopic (exact) mass is 331 g/mol. The van der Waals surface area contributed by atoms with Crippen LogP contribution in [0.2, 0.25) is 5.02 Å². The fourth-order valence-electron chi connectivity index (χ4n) is 1.63. The molecule has 0 aliphatic rings. The number of nitrogens with one attached hydrogen (secondary N) is 1. The van der Waals surface area contributed by atoms with Gasteiger partial charge in [-0.05, 0) is 24.6 Å². The predicted molar refractivity (Wildman–Crippen MR) is 75.5 cm³/mol. The first-order chi connectivity index (χ1) is 9.85. The lowest BCUT2D eigenvalue weighted by Crippen LogP contribution is -2.16. The normalized spacial score (nSPS) is 11.2. The van der Waals surface area contributed by atoms with Crippen molar-refractivity contribution in [2.24, 2.45) is 0 Å². The number of halogens is 2. The highest BCUT2D eigenvalue weighted by atomic mass is 35.5. The summed E-state index contributed by atoms with van der Waals surface area (Å²) < 4.78 is 44.6. The third kappa shape index (κ3) is 3.22.